The van der Waals surface area contributed by atoms with Crippen molar-refractivity contribution < 1.29 is 9.53 Å². The van der Waals surface area contributed by atoms with Gasteiger partial charge in [-0.25, -0.2) is 4.98 Å². The molecule has 0 saturated heterocycles. The molecular formula is C11H17N3O2. The molecule has 0 aliphatic rings. The predicted molar refractivity (Wildman–Crippen MR) is 61.4 cm³/mol. The Morgan fingerprint density at radius 1 is 1.44 bits per heavy atom. The van der Waals surface area contributed by atoms with E-state index < -0.39 is 0 Å². The topological polar surface area (TPSA) is 55.3 Å². The minimum absolute atomic E-state index is 0.219. The molecule has 1 heterocycles. The lowest BCUT2D eigenvalue weighted by Gasteiger charge is -2.17. The summed E-state index contributed by atoms with van der Waals surface area (Å²) in [5.74, 6) is 0.552. The summed E-state index contributed by atoms with van der Waals surface area (Å²) in [7, 11) is 3.26. The van der Waals surface area contributed by atoms with Crippen molar-refractivity contribution in [1.29, 1.82) is 0 Å². The van der Waals surface area contributed by atoms with Crippen molar-refractivity contribution in [2.24, 2.45) is 0 Å². The number of ether oxygens (including phenoxy) is 1. The van der Waals surface area contributed by atoms with Gasteiger partial charge in [-0.05, 0) is 13.8 Å². The van der Waals surface area contributed by atoms with E-state index in [4.69, 9.17) is 0 Å². The van der Waals surface area contributed by atoms with Gasteiger partial charge in [0.2, 0.25) is 0 Å². The zero-order valence-corrected chi connectivity index (χ0v) is 10.1. The van der Waals surface area contributed by atoms with Crippen LogP contribution in [0.2, 0.25) is 0 Å². The lowest BCUT2D eigenvalue weighted by Crippen LogP contribution is -2.23. The van der Waals surface area contributed by atoms with E-state index in [1.165, 1.54) is 7.11 Å². The quantitative estimate of drug-likeness (QED) is 0.715. The number of anilines is 1. The van der Waals surface area contributed by atoms with Gasteiger partial charge in [0, 0.05) is 13.6 Å². The number of carbonyl (C=O) groups is 1. The number of aryl methyl sites for hydroxylation is 2. The van der Waals surface area contributed by atoms with E-state index >= 15 is 0 Å². The molecule has 0 aliphatic carbocycles. The first-order valence-corrected chi connectivity index (χ1v) is 5.12. The molecule has 0 N–H and O–H groups in total. The maximum absolute atomic E-state index is 11.0. The fraction of sp³-hybridized carbons (Fsp3) is 0.545. The SMILES string of the molecule is COC(=O)CCN(C)c1cnc(C)c(C)n1. The van der Waals surface area contributed by atoms with Gasteiger partial charge in [-0.15, -0.1) is 0 Å². The van der Waals surface area contributed by atoms with E-state index in [-0.39, 0.29) is 5.97 Å². The molecule has 0 saturated carbocycles. The third-order valence-corrected chi connectivity index (χ3v) is 2.45. The van der Waals surface area contributed by atoms with Crippen LogP contribution in [0.15, 0.2) is 6.20 Å². The van der Waals surface area contributed by atoms with Gasteiger partial charge >= 0.3 is 5.97 Å². The van der Waals surface area contributed by atoms with Crippen LogP contribution < -0.4 is 4.90 Å². The van der Waals surface area contributed by atoms with Crippen LogP contribution >= 0.6 is 0 Å². The summed E-state index contributed by atoms with van der Waals surface area (Å²) < 4.78 is 4.58. The Morgan fingerprint density at radius 3 is 2.69 bits per heavy atom. The first-order chi connectivity index (χ1) is 7.54. The molecule has 0 radical (unpaired) electrons. The van der Waals surface area contributed by atoms with Gasteiger partial charge in [-0.2, -0.15) is 0 Å². The number of aromatic nitrogens is 2. The Hall–Kier alpha value is -1.65. The normalized spacial score (nSPS) is 10.0. The molecule has 1 aromatic rings. The van der Waals surface area contributed by atoms with Crippen LogP contribution in [0.1, 0.15) is 17.8 Å². The highest BCUT2D eigenvalue weighted by Crippen LogP contribution is 2.10. The van der Waals surface area contributed by atoms with Crippen LogP contribution in [0.3, 0.4) is 0 Å². The standard InChI is InChI=1S/C11H17N3O2/c1-8-9(2)13-10(7-12-8)14(3)6-5-11(15)16-4/h7H,5-6H2,1-4H3. The zero-order valence-electron chi connectivity index (χ0n) is 10.1. The van der Waals surface area contributed by atoms with E-state index in [9.17, 15) is 4.79 Å². The minimum atomic E-state index is -0.219. The number of esters is 1. The Labute approximate surface area is 95.5 Å². The Bertz CT molecular complexity index is 379. The lowest BCUT2D eigenvalue weighted by molar-refractivity contribution is -0.140. The summed E-state index contributed by atoms with van der Waals surface area (Å²) in [6.07, 6.45) is 2.06. The summed E-state index contributed by atoms with van der Waals surface area (Å²) >= 11 is 0. The summed E-state index contributed by atoms with van der Waals surface area (Å²) in [6.45, 7) is 4.41. The maximum atomic E-state index is 11.0. The van der Waals surface area contributed by atoms with Gasteiger partial charge in [0.1, 0.15) is 5.82 Å². The summed E-state index contributed by atoms with van der Waals surface area (Å²) in [6, 6.07) is 0. The van der Waals surface area contributed by atoms with Crippen molar-refractivity contribution in [2.75, 3.05) is 25.6 Å². The second kappa shape index (κ2) is 5.44. The molecule has 1 aromatic heterocycles. The summed E-state index contributed by atoms with van der Waals surface area (Å²) in [5.41, 5.74) is 1.83. The Morgan fingerprint density at radius 2 is 2.12 bits per heavy atom. The molecule has 88 valence electrons. The Kier molecular flexibility index (Phi) is 4.22. The average molecular weight is 223 g/mol. The number of methoxy groups -OCH3 is 1. The monoisotopic (exact) mass is 223 g/mol. The van der Waals surface area contributed by atoms with Crippen LogP contribution in [-0.2, 0) is 9.53 Å². The van der Waals surface area contributed by atoms with Gasteiger partial charge in [0.05, 0.1) is 31.1 Å². The van der Waals surface area contributed by atoms with Crippen molar-refractivity contribution in [1.82, 2.24) is 9.97 Å². The van der Waals surface area contributed by atoms with Gasteiger partial charge < -0.3 is 9.64 Å². The molecule has 5 heteroatoms. The fourth-order valence-electron chi connectivity index (χ4n) is 1.19. The van der Waals surface area contributed by atoms with Gasteiger partial charge in [0.15, 0.2) is 0 Å². The molecule has 5 nitrogen and oxygen atoms in total. The molecule has 0 aromatic carbocycles. The highest BCUT2D eigenvalue weighted by Gasteiger charge is 2.07. The minimum Gasteiger partial charge on any atom is -0.469 e. The first kappa shape index (κ1) is 12.4. The van der Waals surface area contributed by atoms with Crippen molar-refractivity contribution in [2.45, 2.75) is 20.3 Å². The molecule has 0 amide bonds. The van der Waals surface area contributed by atoms with Gasteiger partial charge in [-0.3, -0.25) is 9.78 Å². The summed E-state index contributed by atoms with van der Waals surface area (Å²) in [5, 5.41) is 0. The third-order valence-electron chi connectivity index (χ3n) is 2.45. The van der Waals surface area contributed by atoms with Crippen LogP contribution in [0, 0.1) is 13.8 Å². The largest absolute Gasteiger partial charge is 0.469 e. The second-order valence-corrected chi connectivity index (χ2v) is 3.65. The first-order valence-electron chi connectivity index (χ1n) is 5.12. The van der Waals surface area contributed by atoms with Crippen LogP contribution in [0.25, 0.3) is 0 Å². The third kappa shape index (κ3) is 3.18. The number of rotatable bonds is 4. The van der Waals surface area contributed by atoms with Crippen LogP contribution in [0.4, 0.5) is 5.82 Å². The van der Waals surface area contributed by atoms with E-state index in [0.717, 1.165) is 17.2 Å². The molecule has 0 spiro atoms. The zero-order chi connectivity index (χ0) is 12.1. The predicted octanol–water partition coefficient (Wildman–Crippen LogP) is 1.09. The van der Waals surface area contributed by atoms with Crippen molar-refractivity contribution in [3.8, 4) is 0 Å². The molecule has 0 fully saturated rings. The van der Waals surface area contributed by atoms with Gasteiger partial charge in [0.25, 0.3) is 0 Å². The lowest BCUT2D eigenvalue weighted by atomic mass is 10.3. The molecule has 0 aliphatic heterocycles. The van der Waals surface area contributed by atoms with Crippen LogP contribution in [0.5, 0.6) is 0 Å². The average Bonchev–Trinajstić information content (AvgIpc) is 2.29. The number of nitrogens with zero attached hydrogens (tertiary/aromatic N) is 3. The van der Waals surface area contributed by atoms with Crippen molar-refractivity contribution in [3.63, 3.8) is 0 Å². The fourth-order valence-corrected chi connectivity index (χ4v) is 1.19. The van der Waals surface area contributed by atoms with E-state index in [2.05, 4.69) is 14.7 Å². The van der Waals surface area contributed by atoms with E-state index in [1.54, 1.807) is 6.20 Å². The van der Waals surface area contributed by atoms with E-state index in [0.29, 0.717) is 13.0 Å². The second-order valence-electron chi connectivity index (χ2n) is 3.65. The molecule has 0 bridgehead atoms. The van der Waals surface area contributed by atoms with Crippen LogP contribution in [-0.4, -0.2) is 36.6 Å². The number of hydrogen-bond acceptors (Lipinski definition) is 5. The number of carbonyl (C=O) groups excluding carboxylic acids is 1. The van der Waals surface area contributed by atoms with Crippen molar-refractivity contribution >= 4 is 11.8 Å². The highest BCUT2D eigenvalue weighted by molar-refractivity contribution is 5.69. The molecule has 1 rings (SSSR count). The molecule has 16 heavy (non-hydrogen) atoms. The molecule has 0 atom stereocenters. The molecular weight excluding hydrogens is 206 g/mol. The van der Waals surface area contributed by atoms with E-state index in [1.807, 2.05) is 25.8 Å². The van der Waals surface area contributed by atoms with Gasteiger partial charge in [-0.1, -0.05) is 0 Å². The van der Waals surface area contributed by atoms with Crippen molar-refractivity contribution in [3.05, 3.63) is 17.6 Å². The highest BCUT2D eigenvalue weighted by atomic mass is 16.5. The smallest absolute Gasteiger partial charge is 0.307 e. The maximum Gasteiger partial charge on any atom is 0.307 e. The Balaban J connectivity index is 2.62. The summed E-state index contributed by atoms with van der Waals surface area (Å²) in [4.78, 5) is 21.5. The molecule has 0 unspecified atom stereocenters. The number of hydrogen-bond donors (Lipinski definition) is 0.